The van der Waals surface area contributed by atoms with E-state index in [-0.39, 0.29) is 0 Å². The summed E-state index contributed by atoms with van der Waals surface area (Å²) < 4.78 is 1.14. The number of nitrogens with zero attached hydrogens (tertiary/aromatic N) is 1. The van der Waals surface area contributed by atoms with Crippen molar-refractivity contribution in [1.82, 2.24) is 4.98 Å². The second-order valence-electron chi connectivity index (χ2n) is 4.32. The van der Waals surface area contributed by atoms with Crippen molar-refractivity contribution >= 4 is 38.3 Å². The molecule has 2 rings (SSSR count). The van der Waals surface area contributed by atoms with Gasteiger partial charge in [0.25, 0.3) is 0 Å². The second-order valence-corrected chi connectivity index (χ2v) is 5.79. The highest BCUT2D eigenvalue weighted by atomic mass is 35.5. The fourth-order valence-corrected chi connectivity index (χ4v) is 3.01. The van der Waals surface area contributed by atoms with Crippen molar-refractivity contribution < 1.29 is 0 Å². The van der Waals surface area contributed by atoms with E-state index >= 15 is 0 Å². The smallest absolute Gasteiger partial charge is 0.183 e. The third-order valence-electron chi connectivity index (χ3n) is 2.71. The lowest BCUT2D eigenvalue weighted by molar-refractivity contribution is 0.645. The van der Waals surface area contributed by atoms with Gasteiger partial charge in [-0.25, -0.2) is 4.98 Å². The normalized spacial score (nSPS) is 12.9. The fraction of sp³-hybridized carbons (Fsp3) is 0.462. The minimum absolute atomic E-state index is 0.478. The Hall–Kier alpha value is -0.800. The Morgan fingerprint density at radius 2 is 2.29 bits per heavy atom. The lowest BCUT2D eigenvalue weighted by Gasteiger charge is -2.11. The summed E-state index contributed by atoms with van der Waals surface area (Å²) >= 11 is 7.63. The minimum atomic E-state index is 0.478. The fourth-order valence-electron chi connectivity index (χ4n) is 1.75. The average Bonchev–Trinajstić information content (AvgIpc) is 2.67. The van der Waals surface area contributed by atoms with E-state index in [2.05, 4.69) is 24.1 Å². The van der Waals surface area contributed by atoms with Gasteiger partial charge in [-0.2, -0.15) is 0 Å². The van der Waals surface area contributed by atoms with Crippen LogP contribution in [0.2, 0.25) is 5.02 Å². The Bertz CT molecular complexity index is 495. The van der Waals surface area contributed by atoms with Crippen LogP contribution in [0.1, 0.15) is 33.1 Å². The quantitative estimate of drug-likeness (QED) is 0.831. The van der Waals surface area contributed by atoms with E-state index in [9.17, 15) is 0 Å². The molecule has 0 aliphatic rings. The van der Waals surface area contributed by atoms with Gasteiger partial charge in [0.1, 0.15) is 0 Å². The van der Waals surface area contributed by atoms with Gasteiger partial charge in [0.15, 0.2) is 5.13 Å². The zero-order valence-corrected chi connectivity index (χ0v) is 11.7. The molecule has 92 valence electrons. The van der Waals surface area contributed by atoms with E-state index in [0.717, 1.165) is 20.4 Å². The first-order valence-electron chi connectivity index (χ1n) is 6.01. The average molecular weight is 269 g/mol. The van der Waals surface area contributed by atoms with Gasteiger partial charge in [-0.1, -0.05) is 42.7 Å². The Morgan fingerprint density at radius 3 is 3.06 bits per heavy atom. The molecule has 4 heteroatoms. The number of benzene rings is 1. The number of fused-ring (bicyclic) bond motifs is 1. The Labute approximate surface area is 111 Å². The summed E-state index contributed by atoms with van der Waals surface area (Å²) in [5.41, 5.74) is 1.02. The molecule has 0 saturated heterocycles. The number of nitrogens with one attached hydrogen (secondary N) is 1. The van der Waals surface area contributed by atoms with Gasteiger partial charge in [-0.05, 0) is 31.5 Å². The highest BCUT2D eigenvalue weighted by Crippen LogP contribution is 2.28. The molecule has 1 atom stereocenters. The predicted molar refractivity (Wildman–Crippen MR) is 77.2 cm³/mol. The van der Waals surface area contributed by atoms with Crippen LogP contribution in [0.25, 0.3) is 10.2 Å². The second kappa shape index (κ2) is 5.69. The maximum Gasteiger partial charge on any atom is 0.183 e. The molecule has 0 aliphatic carbocycles. The topological polar surface area (TPSA) is 24.9 Å². The van der Waals surface area contributed by atoms with Gasteiger partial charge in [-0.15, -0.1) is 0 Å². The standard InChI is InChI=1S/C13H17ClN2S/c1-3-4-5-9(2)15-13-16-11-7-6-10(14)8-12(11)17-13/h6-9H,3-5H2,1-2H3,(H,15,16). The molecule has 1 N–H and O–H groups in total. The van der Waals surface area contributed by atoms with Crippen LogP contribution in [0.5, 0.6) is 0 Å². The van der Waals surface area contributed by atoms with Gasteiger partial charge in [0, 0.05) is 11.1 Å². The van der Waals surface area contributed by atoms with Crippen molar-refractivity contribution in [2.24, 2.45) is 0 Å². The Kier molecular flexibility index (Phi) is 4.24. The molecular formula is C13H17ClN2S. The van der Waals surface area contributed by atoms with Crippen LogP contribution in [0, 0.1) is 0 Å². The van der Waals surface area contributed by atoms with Crippen molar-refractivity contribution in [1.29, 1.82) is 0 Å². The van der Waals surface area contributed by atoms with E-state index in [1.54, 1.807) is 11.3 Å². The van der Waals surface area contributed by atoms with Crippen molar-refractivity contribution in [3.8, 4) is 0 Å². The van der Waals surface area contributed by atoms with Crippen molar-refractivity contribution in [2.75, 3.05) is 5.32 Å². The molecule has 1 heterocycles. The van der Waals surface area contributed by atoms with E-state index in [1.165, 1.54) is 19.3 Å². The summed E-state index contributed by atoms with van der Waals surface area (Å²) in [4.78, 5) is 4.55. The first-order chi connectivity index (χ1) is 8.19. The highest BCUT2D eigenvalue weighted by molar-refractivity contribution is 7.22. The molecule has 2 nitrogen and oxygen atoms in total. The first-order valence-corrected chi connectivity index (χ1v) is 7.21. The molecule has 17 heavy (non-hydrogen) atoms. The number of hydrogen-bond donors (Lipinski definition) is 1. The molecule has 0 radical (unpaired) electrons. The summed E-state index contributed by atoms with van der Waals surface area (Å²) in [7, 11) is 0. The molecule has 2 aromatic rings. The minimum Gasteiger partial charge on any atom is -0.359 e. The number of rotatable bonds is 5. The van der Waals surface area contributed by atoms with E-state index < -0.39 is 0 Å². The number of unbranched alkanes of at least 4 members (excludes halogenated alkanes) is 1. The SMILES string of the molecule is CCCCC(C)Nc1nc2ccc(Cl)cc2s1. The van der Waals surface area contributed by atoms with Crippen molar-refractivity contribution in [2.45, 2.75) is 39.2 Å². The lowest BCUT2D eigenvalue weighted by Crippen LogP contribution is -2.14. The molecule has 0 amide bonds. The molecule has 1 aromatic carbocycles. The van der Waals surface area contributed by atoms with Gasteiger partial charge < -0.3 is 5.32 Å². The van der Waals surface area contributed by atoms with Crippen molar-refractivity contribution in [3.63, 3.8) is 0 Å². The van der Waals surface area contributed by atoms with Gasteiger partial charge in [-0.3, -0.25) is 0 Å². The summed E-state index contributed by atoms with van der Waals surface area (Å²) in [5.74, 6) is 0. The molecule has 0 bridgehead atoms. The molecule has 0 aliphatic heterocycles. The largest absolute Gasteiger partial charge is 0.359 e. The van der Waals surface area contributed by atoms with E-state index in [1.807, 2.05) is 18.2 Å². The van der Waals surface area contributed by atoms with E-state index in [4.69, 9.17) is 11.6 Å². The molecule has 0 saturated carbocycles. The van der Waals surface area contributed by atoms with Gasteiger partial charge >= 0.3 is 0 Å². The highest BCUT2D eigenvalue weighted by Gasteiger charge is 2.07. The predicted octanol–water partition coefficient (Wildman–Crippen LogP) is 4.94. The lowest BCUT2D eigenvalue weighted by atomic mass is 10.1. The zero-order valence-electron chi connectivity index (χ0n) is 10.2. The molecular weight excluding hydrogens is 252 g/mol. The van der Waals surface area contributed by atoms with Crippen LogP contribution in [0.3, 0.4) is 0 Å². The Morgan fingerprint density at radius 1 is 1.47 bits per heavy atom. The van der Waals surface area contributed by atoms with Gasteiger partial charge in [0.05, 0.1) is 10.2 Å². The number of hydrogen-bond acceptors (Lipinski definition) is 3. The first kappa shape index (κ1) is 12.7. The molecule has 0 fully saturated rings. The third-order valence-corrected chi connectivity index (χ3v) is 3.90. The summed E-state index contributed by atoms with van der Waals surface area (Å²) in [5, 5.41) is 5.21. The maximum atomic E-state index is 5.96. The maximum absolute atomic E-state index is 5.96. The summed E-state index contributed by atoms with van der Waals surface area (Å²) in [6.07, 6.45) is 3.68. The van der Waals surface area contributed by atoms with Crippen LogP contribution in [-0.4, -0.2) is 11.0 Å². The molecule has 0 spiro atoms. The number of anilines is 1. The third kappa shape index (κ3) is 3.33. The number of aromatic nitrogens is 1. The summed E-state index contributed by atoms with van der Waals surface area (Å²) in [6.45, 7) is 4.42. The van der Waals surface area contributed by atoms with Crippen molar-refractivity contribution in [3.05, 3.63) is 23.2 Å². The van der Waals surface area contributed by atoms with Crippen LogP contribution in [0.4, 0.5) is 5.13 Å². The monoisotopic (exact) mass is 268 g/mol. The van der Waals surface area contributed by atoms with Gasteiger partial charge in [0.2, 0.25) is 0 Å². The molecule has 1 unspecified atom stereocenters. The molecule has 1 aromatic heterocycles. The van der Waals surface area contributed by atoms with E-state index in [0.29, 0.717) is 6.04 Å². The van der Waals surface area contributed by atoms with Crippen LogP contribution < -0.4 is 5.32 Å². The zero-order chi connectivity index (χ0) is 12.3. The summed E-state index contributed by atoms with van der Waals surface area (Å²) in [6, 6.07) is 6.30. The van der Waals surface area contributed by atoms with Crippen LogP contribution in [-0.2, 0) is 0 Å². The number of halogens is 1. The number of thiazole rings is 1. The Balaban J connectivity index is 2.08. The van der Waals surface area contributed by atoms with Crippen LogP contribution >= 0.6 is 22.9 Å². The van der Waals surface area contributed by atoms with Crippen LogP contribution in [0.15, 0.2) is 18.2 Å².